The van der Waals surface area contributed by atoms with E-state index in [0.717, 1.165) is 51.2 Å². The zero-order valence-electron chi connectivity index (χ0n) is 16.8. The Kier molecular flexibility index (Phi) is 4.72. The van der Waals surface area contributed by atoms with E-state index in [9.17, 15) is 14.4 Å². The molecule has 1 aliphatic carbocycles. The van der Waals surface area contributed by atoms with Gasteiger partial charge in [-0.15, -0.1) is 0 Å². The van der Waals surface area contributed by atoms with E-state index in [1.165, 1.54) is 4.90 Å². The molecule has 30 heavy (non-hydrogen) atoms. The Balaban J connectivity index is 1.52. The number of carbonyl (C=O) groups excluding carboxylic acids is 3. The maximum absolute atomic E-state index is 13.6. The molecular formula is C22H22N2O3S3. The highest BCUT2D eigenvalue weighted by Crippen LogP contribution is 2.52. The van der Waals surface area contributed by atoms with Gasteiger partial charge in [-0.3, -0.25) is 24.2 Å². The van der Waals surface area contributed by atoms with Gasteiger partial charge in [0.2, 0.25) is 17.7 Å². The predicted molar refractivity (Wildman–Crippen MR) is 121 cm³/mol. The van der Waals surface area contributed by atoms with E-state index < -0.39 is 5.54 Å². The lowest BCUT2D eigenvalue weighted by molar-refractivity contribution is -0.143. The summed E-state index contributed by atoms with van der Waals surface area (Å²) in [6.45, 7) is 3.81. The number of imide groups is 1. The van der Waals surface area contributed by atoms with Gasteiger partial charge in [0.1, 0.15) is 10.4 Å². The van der Waals surface area contributed by atoms with Crippen LogP contribution >= 0.6 is 32.9 Å². The SMILES string of the molecule is CC1(C)c2ssc(=S)c2-c2ccccc2N1C(=O)CN1C(=O)[C@H]2CCCC[C@H]2C1=O. The first-order valence-electron chi connectivity index (χ1n) is 10.2. The van der Waals surface area contributed by atoms with Gasteiger partial charge in [-0.05, 0) is 32.8 Å². The Morgan fingerprint density at radius 2 is 1.73 bits per heavy atom. The first-order chi connectivity index (χ1) is 14.3. The third-order valence-corrected chi connectivity index (χ3v) is 9.97. The maximum atomic E-state index is 13.6. The first kappa shape index (κ1) is 20.0. The maximum Gasteiger partial charge on any atom is 0.247 e. The number of likely N-dealkylation sites (tertiary alicyclic amines) is 1. The van der Waals surface area contributed by atoms with Gasteiger partial charge in [0.15, 0.2) is 0 Å². The van der Waals surface area contributed by atoms with Crippen molar-refractivity contribution in [3.05, 3.63) is 33.0 Å². The quantitative estimate of drug-likeness (QED) is 0.362. The van der Waals surface area contributed by atoms with Crippen molar-refractivity contribution >= 4 is 56.3 Å². The van der Waals surface area contributed by atoms with Gasteiger partial charge in [0, 0.05) is 11.1 Å². The molecule has 2 aromatic rings. The second kappa shape index (κ2) is 7.07. The number of para-hydroxylation sites is 1. The van der Waals surface area contributed by atoms with Gasteiger partial charge >= 0.3 is 0 Å². The fourth-order valence-corrected chi connectivity index (χ4v) is 8.50. The van der Waals surface area contributed by atoms with Crippen LogP contribution in [0, 0.1) is 15.7 Å². The summed E-state index contributed by atoms with van der Waals surface area (Å²) in [4.78, 5) is 43.4. The highest BCUT2D eigenvalue weighted by Gasteiger charge is 2.50. The molecule has 3 heterocycles. The van der Waals surface area contributed by atoms with Gasteiger partial charge < -0.3 is 0 Å². The van der Waals surface area contributed by atoms with Crippen molar-refractivity contribution < 1.29 is 14.4 Å². The average Bonchev–Trinajstić information content (AvgIpc) is 3.23. The van der Waals surface area contributed by atoms with Gasteiger partial charge in [0.05, 0.1) is 27.9 Å². The van der Waals surface area contributed by atoms with Crippen molar-refractivity contribution in [2.24, 2.45) is 11.8 Å². The van der Waals surface area contributed by atoms with Crippen LogP contribution in [-0.2, 0) is 19.9 Å². The zero-order valence-corrected chi connectivity index (χ0v) is 19.3. The van der Waals surface area contributed by atoms with E-state index in [2.05, 4.69) is 0 Å². The minimum Gasteiger partial charge on any atom is -0.300 e. The summed E-state index contributed by atoms with van der Waals surface area (Å²) in [5.41, 5.74) is 2.14. The zero-order chi connectivity index (χ0) is 21.2. The van der Waals surface area contributed by atoms with Crippen LogP contribution in [0.3, 0.4) is 0 Å². The summed E-state index contributed by atoms with van der Waals surface area (Å²) >= 11 is 5.59. The minimum absolute atomic E-state index is 0.173. The number of hydrogen-bond acceptors (Lipinski definition) is 6. The summed E-state index contributed by atoms with van der Waals surface area (Å²) in [7, 11) is 3.15. The fraction of sp³-hybridized carbons (Fsp3) is 0.455. The van der Waals surface area contributed by atoms with E-state index in [4.69, 9.17) is 12.2 Å². The standard InChI is InChI=1S/C22H22N2O3S3/c1-22(2)18-17(21(28)30-29-18)14-9-5-6-10-15(14)24(22)16(25)11-23-19(26)12-7-3-4-8-13(12)20(23)27/h5-6,9-10,12-13H,3-4,7-8,11H2,1-2H3/t12-,13+. The summed E-state index contributed by atoms with van der Waals surface area (Å²) in [5.74, 6) is -1.06. The average molecular weight is 459 g/mol. The van der Waals surface area contributed by atoms with E-state index in [0.29, 0.717) is 0 Å². The first-order valence-corrected chi connectivity index (χ1v) is 12.8. The van der Waals surface area contributed by atoms with Crippen molar-refractivity contribution in [3.8, 4) is 11.1 Å². The molecule has 0 spiro atoms. The minimum atomic E-state index is -0.614. The summed E-state index contributed by atoms with van der Waals surface area (Å²) < 4.78 is 0.830. The van der Waals surface area contributed by atoms with Crippen LogP contribution in [0.1, 0.15) is 44.4 Å². The molecule has 1 saturated carbocycles. The summed E-state index contributed by atoms with van der Waals surface area (Å²) in [5, 5.41) is 0. The highest BCUT2D eigenvalue weighted by atomic mass is 32.9. The third-order valence-electron chi connectivity index (χ3n) is 6.64. The number of anilines is 1. The smallest absolute Gasteiger partial charge is 0.247 e. The van der Waals surface area contributed by atoms with Crippen LogP contribution in [0.25, 0.3) is 11.1 Å². The largest absolute Gasteiger partial charge is 0.300 e. The van der Waals surface area contributed by atoms with Crippen LogP contribution in [-0.4, -0.2) is 29.2 Å². The molecule has 1 saturated heterocycles. The number of fused-ring (bicyclic) bond motifs is 4. The number of rotatable bonds is 2. The summed E-state index contributed by atoms with van der Waals surface area (Å²) in [6.07, 6.45) is 3.44. The molecule has 2 fully saturated rings. The lowest BCUT2D eigenvalue weighted by atomic mass is 9.81. The van der Waals surface area contributed by atoms with Crippen molar-refractivity contribution in [3.63, 3.8) is 0 Å². The van der Waals surface area contributed by atoms with Gasteiger partial charge in [-0.2, -0.15) is 0 Å². The van der Waals surface area contributed by atoms with Gasteiger partial charge in [-0.1, -0.05) is 63.9 Å². The molecule has 0 N–H and O–H groups in total. The van der Waals surface area contributed by atoms with Gasteiger partial charge in [0.25, 0.3) is 0 Å². The fourth-order valence-electron chi connectivity index (χ4n) is 5.22. The molecule has 2 aliphatic heterocycles. The molecule has 5 rings (SSSR count). The van der Waals surface area contributed by atoms with Crippen LogP contribution in [0.4, 0.5) is 5.69 Å². The molecule has 5 nitrogen and oxygen atoms in total. The number of carbonyl (C=O) groups is 3. The highest BCUT2D eigenvalue weighted by molar-refractivity contribution is 7.80. The topological polar surface area (TPSA) is 57.7 Å². The lowest BCUT2D eigenvalue weighted by Crippen LogP contribution is -2.52. The molecule has 2 atom stereocenters. The Labute approximate surface area is 187 Å². The number of hydrogen-bond donors (Lipinski definition) is 0. The molecule has 0 radical (unpaired) electrons. The van der Waals surface area contributed by atoms with Crippen LogP contribution in [0.5, 0.6) is 0 Å². The molecule has 1 aromatic carbocycles. The molecule has 3 amide bonds. The Hall–Kier alpha value is -1.90. The molecule has 8 heteroatoms. The monoisotopic (exact) mass is 458 g/mol. The Morgan fingerprint density at radius 1 is 1.10 bits per heavy atom. The van der Waals surface area contributed by atoms with E-state index in [1.54, 1.807) is 25.6 Å². The third kappa shape index (κ3) is 2.77. The Bertz CT molecular complexity index is 1110. The van der Waals surface area contributed by atoms with Crippen molar-refractivity contribution in [2.45, 2.75) is 45.1 Å². The molecular weight excluding hydrogens is 436 g/mol. The molecule has 1 aromatic heterocycles. The molecule has 0 bridgehead atoms. The molecule has 3 aliphatic rings. The molecule has 156 valence electrons. The number of benzene rings is 1. The van der Waals surface area contributed by atoms with Crippen LogP contribution in [0.15, 0.2) is 24.3 Å². The second-order valence-electron chi connectivity index (χ2n) is 8.72. The van der Waals surface area contributed by atoms with E-state index >= 15 is 0 Å². The normalized spacial score (nSPS) is 24.5. The Morgan fingerprint density at radius 3 is 2.40 bits per heavy atom. The number of amides is 3. The summed E-state index contributed by atoms with van der Waals surface area (Å²) in [6, 6.07) is 7.75. The van der Waals surface area contributed by atoms with Crippen LogP contribution < -0.4 is 4.90 Å². The van der Waals surface area contributed by atoms with Crippen molar-refractivity contribution in [1.29, 1.82) is 0 Å². The van der Waals surface area contributed by atoms with Crippen LogP contribution in [0.2, 0.25) is 0 Å². The van der Waals surface area contributed by atoms with Crippen molar-refractivity contribution in [2.75, 3.05) is 11.4 Å². The van der Waals surface area contributed by atoms with E-state index in [1.807, 2.05) is 38.1 Å². The number of nitrogens with zero attached hydrogens (tertiary/aromatic N) is 2. The van der Waals surface area contributed by atoms with Gasteiger partial charge in [-0.25, -0.2) is 0 Å². The molecule has 0 unspecified atom stereocenters. The lowest BCUT2D eigenvalue weighted by Gasteiger charge is -2.43. The predicted octanol–water partition coefficient (Wildman–Crippen LogP) is 4.96. The van der Waals surface area contributed by atoms with Crippen molar-refractivity contribution in [1.82, 2.24) is 4.90 Å². The second-order valence-corrected chi connectivity index (χ2v) is 11.5. The van der Waals surface area contributed by atoms with E-state index in [-0.39, 0.29) is 36.1 Å².